The topological polar surface area (TPSA) is 12.5 Å². The Morgan fingerprint density at radius 2 is 0.804 bits per heavy atom. The van der Waals surface area contributed by atoms with Crippen LogP contribution in [0.4, 0.5) is 17.1 Å². The maximum atomic E-state index is 6.35. The highest BCUT2D eigenvalue weighted by molar-refractivity contribution is 6.06. The zero-order valence-electron chi connectivity index (χ0n) is 30.6. The molecule has 0 saturated heterocycles. The summed E-state index contributed by atoms with van der Waals surface area (Å²) >= 11 is 0. The molecule has 10 aromatic carbocycles. The smallest absolute Gasteiger partial charge is 0.135 e. The lowest BCUT2D eigenvalue weighted by Gasteiger charge is -2.27. The van der Waals surface area contributed by atoms with Crippen molar-refractivity contribution in [3.63, 3.8) is 0 Å². The number of fused-ring (bicyclic) bond motifs is 4. The number of anilines is 3. The second-order valence-corrected chi connectivity index (χ2v) is 14.5. The van der Waals surface area contributed by atoms with Gasteiger partial charge in [-0.05, 0) is 127 Å². The summed E-state index contributed by atoms with van der Waals surface area (Å²) in [5, 5.41) is 7.33. The van der Waals surface area contributed by atoms with Gasteiger partial charge in [-0.25, -0.2) is 0 Å². The van der Waals surface area contributed by atoms with Crippen LogP contribution in [0.5, 0.6) is 11.5 Å². The van der Waals surface area contributed by atoms with Gasteiger partial charge in [-0.3, -0.25) is 0 Å². The fraction of sp³-hybridized carbons (Fsp3) is 0. The minimum Gasteiger partial charge on any atom is -0.456 e. The molecule has 0 saturated carbocycles. The summed E-state index contributed by atoms with van der Waals surface area (Å²) in [5.41, 5.74) is 12.8. The molecule has 0 aromatic heterocycles. The monoisotopic (exact) mass is 713 g/mol. The van der Waals surface area contributed by atoms with E-state index in [0.717, 1.165) is 45.1 Å². The zero-order valence-corrected chi connectivity index (χ0v) is 30.6. The fourth-order valence-corrected chi connectivity index (χ4v) is 8.56. The summed E-state index contributed by atoms with van der Waals surface area (Å²) in [6.07, 6.45) is 0. The van der Waals surface area contributed by atoms with Crippen LogP contribution in [0.1, 0.15) is 0 Å². The van der Waals surface area contributed by atoms with Gasteiger partial charge in [0, 0.05) is 28.0 Å². The van der Waals surface area contributed by atoms with Crippen LogP contribution in [0.2, 0.25) is 0 Å². The van der Waals surface area contributed by atoms with E-state index in [0.29, 0.717) is 0 Å². The summed E-state index contributed by atoms with van der Waals surface area (Å²) in [5.74, 6) is 1.80. The third-order valence-electron chi connectivity index (χ3n) is 11.2. The largest absolute Gasteiger partial charge is 0.456 e. The SMILES string of the molecule is c1cc(-c2cc3c4c(cccc4c2)Oc2ccccc2-3)cc(N(c2ccc(-c3cccc4ccccc34)cc2)c2ccc(-c3cccc4ccccc34)cc2)c1. The molecule has 0 bridgehead atoms. The Bertz CT molecular complexity index is 2970. The summed E-state index contributed by atoms with van der Waals surface area (Å²) < 4.78 is 6.35. The summed E-state index contributed by atoms with van der Waals surface area (Å²) in [6, 6.07) is 76.6. The van der Waals surface area contributed by atoms with Gasteiger partial charge < -0.3 is 9.64 Å². The molecule has 0 aliphatic carbocycles. The van der Waals surface area contributed by atoms with Crippen LogP contribution in [0, 0.1) is 0 Å². The predicted molar refractivity (Wildman–Crippen MR) is 235 cm³/mol. The van der Waals surface area contributed by atoms with Crippen LogP contribution in [0.25, 0.3) is 76.8 Å². The van der Waals surface area contributed by atoms with Crippen LogP contribution in [-0.4, -0.2) is 0 Å². The Balaban J connectivity index is 1.04. The van der Waals surface area contributed by atoms with E-state index in [9.17, 15) is 0 Å². The highest BCUT2D eigenvalue weighted by Crippen LogP contribution is 2.48. The highest BCUT2D eigenvalue weighted by Gasteiger charge is 2.21. The molecule has 262 valence electrons. The molecule has 0 spiro atoms. The molecule has 0 unspecified atom stereocenters. The van der Waals surface area contributed by atoms with Crippen LogP contribution in [0.3, 0.4) is 0 Å². The molecule has 11 rings (SSSR count). The van der Waals surface area contributed by atoms with Crippen molar-refractivity contribution in [3.05, 3.63) is 212 Å². The van der Waals surface area contributed by atoms with Crippen molar-refractivity contribution in [2.24, 2.45) is 0 Å². The van der Waals surface area contributed by atoms with Gasteiger partial charge in [0.1, 0.15) is 11.5 Å². The van der Waals surface area contributed by atoms with Crippen molar-refractivity contribution in [2.45, 2.75) is 0 Å². The molecule has 0 radical (unpaired) electrons. The van der Waals surface area contributed by atoms with Crippen molar-refractivity contribution >= 4 is 49.4 Å². The van der Waals surface area contributed by atoms with Gasteiger partial charge in [0.25, 0.3) is 0 Å². The molecular formula is C54H35NO. The Hall–Kier alpha value is -7.42. The molecule has 0 N–H and O–H groups in total. The molecule has 1 heterocycles. The van der Waals surface area contributed by atoms with Gasteiger partial charge in [0.2, 0.25) is 0 Å². The summed E-state index contributed by atoms with van der Waals surface area (Å²) in [7, 11) is 0. The second-order valence-electron chi connectivity index (χ2n) is 14.5. The van der Waals surface area contributed by atoms with E-state index in [-0.39, 0.29) is 0 Å². The average Bonchev–Trinajstić information content (AvgIpc) is 3.27. The van der Waals surface area contributed by atoms with Crippen molar-refractivity contribution < 1.29 is 4.74 Å². The zero-order chi connectivity index (χ0) is 37.0. The fourth-order valence-electron chi connectivity index (χ4n) is 8.56. The van der Waals surface area contributed by atoms with Gasteiger partial charge in [0.15, 0.2) is 0 Å². The first kappa shape index (κ1) is 32.0. The maximum absolute atomic E-state index is 6.35. The van der Waals surface area contributed by atoms with E-state index < -0.39 is 0 Å². The molecule has 1 aliphatic heterocycles. The predicted octanol–water partition coefficient (Wildman–Crippen LogP) is 15.4. The van der Waals surface area contributed by atoms with E-state index in [2.05, 4.69) is 211 Å². The number of hydrogen-bond acceptors (Lipinski definition) is 2. The summed E-state index contributed by atoms with van der Waals surface area (Å²) in [6.45, 7) is 0. The minimum absolute atomic E-state index is 0.892. The van der Waals surface area contributed by atoms with Crippen LogP contribution >= 0.6 is 0 Å². The van der Waals surface area contributed by atoms with Gasteiger partial charge in [0.05, 0.1) is 0 Å². The number of para-hydroxylation sites is 1. The molecule has 56 heavy (non-hydrogen) atoms. The van der Waals surface area contributed by atoms with E-state index in [4.69, 9.17) is 4.74 Å². The first-order chi connectivity index (χ1) is 27.7. The quantitative estimate of drug-likeness (QED) is 0.170. The Kier molecular flexibility index (Phi) is 7.53. The Morgan fingerprint density at radius 3 is 1.48 bits per heavy atom. The van der Waals surface area contributed by atoms with Gasteiger partial charge >= 0.3 is 0 Å². The molecule has 10 aromatic rings. The molecule has 2 heteroatoms. The number of benzene rings is 10. The van der Waals surface area contributed by atoms with E-state index >= 15 is 0 Å². The molecule has 1 aliphatic rings. The average molecular weight is 714 g/mol. The first-order valence-corrected chi connectivity index (χ1v) is 19.2. The standard InChI is InChI=1S/C54H35NO/c1-3-18-46-36(11-1)13-8-21-48(46)38-25-29-43(30-26-38)55(44-31-27-39(28-32-44)49-22-9-14-37-12-2-4-19-47(37)49)45-17-7-15-40(34-45)42-33-41-16-10-24-53-54(41)51(35-42)50-20-5-6-23-52(50)56-53/h1-35H. The van der Waals surface area contributed by atoms with Crippen molar-refractivity contribution in [2.75, 3.05) is 4.90 Å². The second kappa shape index (κ2) is 13.2. The molecule has 0 amide bonds. The van der Waals surface area contributed by atoms with E-state index in [1.807, 2.05) is 6.07 Å². The number of rotatable bonds is 6. The lowest BCUT2D eigenvalue weighted by molar-refractivity contribution is 0.487. The van der Waals surface area contributed by atoms with Gasteiger partial charge in [-0.1, -0.05) is 152 Å². The third-order valence-corrected chi connectivity index (χ3v) is 11.2. The Morgan fingerprint density at radius 1 is 0.286 bits per heavy atom. The Labute approximate surface area is 326 Å². The molecule has 2 nitrogen and oxygen atoms in total. The molecular weight excluding hydrogens is 679 g/mol. The number of ether oxygens (including phenoxy) is 1. The summed E-state index contributed by atoms with van der Waals surface area (Å²) in [4.78, 5) is 2.37. The van der Waals surface area contributed by atoms with Crippen molar-refractivity contribution in [1.29, 1.82) is 0 Å². The number of hydrogen-bond donors (Lipinski definition) is 0. The number of nitrogens with zero attached hydrogens (tertiary/aromatic N) is 1. The van der Waals surface area contributed by atoms with E-state index in [1.54, 1.807) is 0 Å². The minimum atomic E-state index is 0.892. The molecule has 0 atom stereocenters. The van der Waals surface area contributed by atoms with Crippen molar-refractivity contribution in [3.8, 4) is 56.0 Å². The lowest BCUT2D eigenvalue weighted by atomic mass is 9.90. The third kappa shape index (κ3) is 5.42. The lowest BCUT2D eigenvalue weighted by Crippen LogP contribution is -2.10. The first-order valence-electron chi connectivity index (χ1n) is 19.2. The molecule has 0 fully saturated rings. The van der Waals surface area contributed by atoms with Gasteiger partial charge in [-0.15, -0.1) is 0 Å². The maximum Gasteiger partial charge on any atom is 0.135 e. The highest BCUT2D eigenvalue weighted by atomic mass is 16.5. The normalized spacial score (nSPS) is 11.7. The van der Waals surface area contributed by atoms with Crippen LogP contribution in [0.15, 0.2) is 212 Å². The van der Waals surface area contributed by atoms with Crippen LogP contribution in [-0.2, 0) is 0 Å². The van der Waals surface area contributed by atoms with Crippen molar-refractivity contribution in [1.82, 2.24) is 0 Å². The van der Waals surface area contributed by atoms with E-state index in [1.165, 1.54) is 60.3 Å². The van der Waals surface area contributed by atoms with Crippen LogP contribution < -0.4 is 9.64 Å². The van der Waals surface area contributed by atoms with Gasteiger partial charge in [-0.2, -0.15) is 0 Å².